The number of hydrogen-bond donors (Lipinski definition) is 3. The minimum Gasteiger partial charge on any atom is -0.481 e. The average Bonchev–Trinajstić information content (AvgIpc) is 2.66. The molecule has 1 aromatic rings. The Hall–Kier alpha value is -1.79. The smallest absolute Gasteiger partial charge is 0.315 e. The van der Waals surface area contributed by atoms with E-state index in [0.717, 1.165) is 18.7 Å². The molecule has 2 amide bonds. The molecule has 0 radical (unpaired) electrons. The Labute approximate surface area is 166 Å². The summed E-state index contributed by atoms with van der Waals surface area (Å²) in [6.07, 6.45) is 2.63. The number of carbonyl (C=O) groups excluding carboxylic acids is 1. The number of rotatable bonds is 8. The van der Waals surface area contributed by atoms with Gasteiger partial charge in [0, 0.05) is 17.6 Å². The fourth-order valence-corrected chi connectivity index (χ4v) is 4.02. The predicted molar refractivity (Wildman–Crippen MR) is 107 cm³/mol. The number of benzene rings is 1. The second-order valence-corrected chi connectivity index (χ2v) is 7.41. The summed E-state index contributed by atoms with van der Waals surface area (Å²) in [6.45, 7) is 6.36. The molecule has 1 aromatic carbocycles. The number of carbonyl (C=O) groups is 2. The van der Waals surface area contributed by atoms with Crippen molar-refractivity contribution >= 4 is 23.6 Å². The number of likely N-dealkylation sites (N-methyl/N-ethyl adjacent to an activating group) is 1. The third kappa shape index (κ3) is 6.11. The largest absolute Gasteiger partial charge is 0.481 e. The minimum absolute atomic E-state index is 0.00203. The highest BCUT2D eigenvalue weighted by Crippen LogP contribution is 2.27. The van der Waals surface area contributed by atoms with E-state index in [-0.39, 0.29) is 24.0 Å². The molecule has 1 fully saturated rings. The van der Waals surface area contributed by atoms with E-state index in [1.807, 2.05) is 24.3 Å². The van der Waals surface area contributed by atoms with Crippen LogP contribution in [0.15, 0.2) is 24.3 Å². The van der Waals surface area contributed by atoms with E-state index in [1.165, 1.54) is 0 Å². The summed E-state index contributed by atoms with van der Waals surface area (Å²) >= 11 is 6.38. The lowest BCUT2D eigenvalue weighted by Crippen LogP contribution is -2.46. The first-order chi connectivity index (χ1) is 13.0. The molecule has 27 heavy (non-hydrogen) atoms. The molecule has 7 heteroatoms. The molecular weight excluding hydrogens is 366 g/mol. The van der Waals surface area contributed by atoms with Gasteiger partial charge in [-0.05, 0) is 50.4 Å². The van der Waals surface area contributed by atoms with Crippen LogP contribution in [0.4, 0.5) is 4.79 Å². The number of carboxylic acid groups (broad SMARTS) is 1. The summed E-state index contributed by atoms with van der Waals surface area (Å²) in [6, 6.07) is 7.55. The van der Waals surface area contributed by atoms with Gasteiger partial charge in [-0.25, -0.2) is 4.79 Å². The van der Waals surface area contributed by atoms with Gasteiger partial charge in [0.25, 0.3) is 0 Å². The topological polar surface area (TPSA) is 81.7 Å². The van der Waals surface area contributed by atoms with Gasteiger partial charge in [0.05, 0.1) is 12.0 Å². The van der Waals surface area contributed by atoms with Crippen LogP contribution in [-0.4, -0.2) is 47.7 Å². The Morgan fingerprint density at radius 2 is 1.81 bits per heavy atom. The first-order valence-electron chi connectivity index (χ1n) is 9.71. The van der Waals surface area contributed by atoms with Gasteiger partial charge < -0.3 is 15.7 Å². The fraction of sp³-hybridized carbons (Fsp3) is 0.600. The average molecular weight is 396 g/mol. The van der Waals surface area contributed by atoms with Crippen LogP contribution in [0.25, 0.3) is 0 Å². The number of nitrogens with one attached hydrogen (secondary N) is 2. The van der Waals surface area contributed by atoms with Gasteiger partial charge >= 0.3 is 12.0 Å². The third-order valence-corrected chi connectivity index (χ3v) is 5.73. The van der Waals surface area contributed by atoms with Gasteiger partial charge in [0.15, 0.2) is 0 Å². The van der Waals surface area contributed by atoms with Gasteiger partial charge in [-0.3, -0.25) is 9.69 Å². The van der Waals surface area contributed by atoms with Crippen molar-refractivity contribution in [1.82, 2.24) is 15.5 Å². The SMILES string of the molecule is CCN(CC)C(CNC(=O)NC1CCC(C(=O)O)CC1)c1ccccc1Cl. The summed E-state index contributed by atoms with van der Waals surface area (Å²) in [7, 11) is 0. The molecule has 0 aromatic heterocycles. The number of carboxylic acids is 1. The third-order valence-electron chi connectivity index (χ3n) is 5.38. The Bertz CT molecular complexity index is 629. The van der Waals surface area contributed by atoms with E-state index in [9.17, 15) is 9.59 Å². The molecule has 1 aliphatic carbocycles. The Morgan fingerprint density at radius 1 is 1.19 bits per heavy atom. The summed E-state index contributed by atoms with van der Waals surface area (Å²) in [4.78, 5) is 25.6. The normalized spacial score (nSPS) is 20.9. The summed E-state index contributed by atoms with van der Waals surface area (Å²) in [5.41, 5.74) is 1.00. The van der Waals surface area contributed by atoms with Crippen molar-refractivity contribution in [2.24, 2.45) is 5.92 Å². The molecule has 150 valence electrons. The molecule has 2 rings (SSSR count). The molecule has 1 atom stereocenters. The van der Waals surface area contributed by atoms with Crippen LogP contribution in [0, 0.1) is 5.92 Å². The molecule has 1 aliphatic rings. The van der Waals surface area contributed by atoms with E-state index >= 15 is 0 Å². The van der Waals surface area contributed by atoms with Crippen LogP contribution in [0.2, 0.25) is 5.02 Å². The van der Waals surface area contributed by atoms with Crippen molar-refractivity contribution in [1.29, 1.82) is 0 Å². The number of hydrogen-bond acceptors (Lipinski definition) is 3. The van der Waals surface area contributed by atoms with E-state index in [1.54, 1.807) is 0 Å². The lowest BCUT2D eigenvalue weighted by atomic mass is 9.86. The maximum atomic E-state index is 12.4. The molecule has 3 N–H and O–H groups in total. The van der Waals surface area contributed by atoms with Crippen molar-refractivity contribution < 1.29 is 14.7 Å². The Morgan fingerprint density at radius 3 is 2.37 bits per heavy atom. The zero-order chi connectivity index (χ0) is 19.8. The predicted octanol–water partition coefficient (Wildman–Crippen LogP) is 3.67. The summed E-state index contributed by atoms with van der Waals surface area (Å²) in [5.74, 6) is -1.02. The second kappa shape index (κ2) is 10.5. The fourth-order valence-electron chi connectivity index (χ4n) is 3.76. The van der Waals surface area contributed by atoms with Crippen LogP contribution < -0.4 is 10.6 Å². The highest BCUT2D eigenvalue weighted by atomic mass is 35.5. The molecule has 0 aliphatic heterocycles. The van der Waals surface area contributed by atoms with Crippen LogP contribution in [0.5, 0.6) is 0 Å². The van der Waals surface area contributed by atoms with E-state index in [2.05, 4.69) is 29.4 Å². The standard InChI is InChI=1S/C20H30ClN3O3/c1-3-24(4-2)18(16-7-5-6-8-17(16)21)13-22-20(27)23-15-11-9-14(10-12-15)19(25)26/h5-8,14-15,18H,3-4,9-13H2,1-2H3,(H,25,26)(H2,22,23,27). The van der Waals surface area contributed by atoms with Gasteiger partial charge in [0.1, 0.15) is 0 Å². The first kappa shape index (κ1) is 21.5. The van der Waals surface area contributed by atoms with E-state index in [0.29, 0.717) is 37.3 Å². The Balaban J connectivity index is 1.92. The van der Waals surface area contributed by atoms with Crippen LogP contribution in [0.1, 0.15) is 51.1 Å². The molecule has 0 saturated heterocycles. The maximum Gasteiger partial charge on any atom is 0.315 e. The molecule has 0 bridgehead atoms. The maximum absolute atomic E-state index is 12.4. The molecule has 0 spiro atoms. The van der Waals surface area contributed by atoms with Gasteiger partial charge in [-0.1, -0.05) is 43.6 Å². The van der Waals surface area contributed by atoms with Crippen LogP contribution in [0.3, 0.4) is 0 Å². The van der Waals surface area contributed by atoms with Crippen molar-refractivity contribution in [3.05, 3.63) is 34.9 Å². The Kier molecular flexibility index (Phi) is 8.38. The number of amides is 2. The minimum atomic E-state index is -0.736. The zero-order valence-electron chi connectivity index (χ0n) is 16.1. The number of halogens is 1. The molecule has 1 unspecified atom stereocenters. The number of nitrogens with zero attached hydrogens (tertiary/aromatic N) is 1. The monoisotopic (exact) mass is 395 g/mol. The van der Waals surface area contributed by atoms with Crippen molar-refractivity contribution in [3.63, 3.8) is 0 Å². The summed E-state index contributed by atoms with van der Waals surface area (Å²) < 4.78 is 0. The number of urea groups is 1. The van der Waals surface area contributed by atoms with E-state index in [4.69, 9.17) is 16.7 Å². The second-order valence-electron chi connectivity index (χ2n) is 7.00. The van der Waals surface area contributed by atoms with E-state index < -0.39 is 5.97 Å². The van der Waals surface area contributed by atoms with Gasteiger partial charge in [-0.2, -0.15) is 0 Å². The molecule has 6 nitrogen and oxygen atoms in total. The highest BCUT2D eigenvalue weighted by Gasteiger charge is 2.27. The molecule has 1 saturated carbocycles. The number of aliphatic carboxylic acids is 1. The quantitative estimate of drug-likeness (QED) is 0.627. The van der Waals surface area contributed by atoms with Crippen molar-refractivity contribution in [2.45, 2.75) is 51.6 Å². The molecule has 0 heterocycles. The lowest BCUT2D eigenvalue weighted by Gasteiger charge is -2.31. The lowest BCUT2D eigenvalue weighted by molar-refractivity contribution is -0.142. The van der Waals surface area contributed by atoms with Crippen molar-refractivity contribution in [2.75, 3.05) is 19.6 Å². The van der Waals surface area contributed by atoms with Gasteiger partial charge in [0.2, 0.25) is 0 Å². The molecular formula is C20H30ClN3O3. The van der Waals surface area contributed by atoms with Gasteiger partial charge in [-0.15, -0.1) is 0 Å². The van der Waals surface area contributed by atoms with Crippen LogP contribution >= 0.6 is 11.6 Å². The van der Waals surface area contributed by atoms with Crippen molar-refractivity contribution in [3.8, 4) is 0 Å². The zero-order valence-corrected chi connectivity index (χ0v) is 16.8. The first-order valence-corrected chi connectivity index (χ1v) is 10.1. The summed E-state index contributed by atoms with van der Waals surface area (Å²) in [5, 5.41) is 15.7. The highest BCUT2D eigenvalue weighted by molar-refractivity contribution is 6.31. The van der Waals surface area contributed by atoms with Crippen LogP contribution in [-0.2, 0) is 4.79 Å².